The molecule has 6 nitrogen and oxygen atoms in total. The van der Waals surface area contributed by atoms with Crippen molar-refractivity contribution in [2.24, 2.45) is 17.8 Å². The molecule has 3 atom stereocenters. The lowest BCUT2D eigenvalue weighted by molar-refractivity contribution is -0.255. The third-order valence-corrected chi connectivity index (χ3v) is 6.62. The Balaban J connectivity index is 1.42. The number of ether oxygens (including phenoxy) is 4. The Hall–Kier alpha value is -1.54. The fraction of sp³-hybridized carbons (Fsp3) is 0.826. The Labute approximate surface area is 182 Å². The van der Waals surface area contributed by atoms with Crippen LogP contribution in [-0.4, -0.2) is 49.1 Å². The minimum atomic E-state index is -3.47. The summed E-state index contributed by atoms with van der Waals surface area (Å²) in [6, 6.07) is 0. The Bertz CT molecular complexity index is 672. The quantitative estimate of drug-likeness (QED) is 0.203. The van der Waals surface area contributed by atoms with E-state index < -0.39 is 17.5 Å². The minimum Gasteiger partial charge on any atom is -0.462 e. The summed E-state index contributed by atoms with van der Waals surface area (Å²) in [6.07, 6.45) is 4.82. The van der Waals surface area contributed by atoms with E-state index in [0.717, 1.165) is 19.3 Å². The molecule has 0 spiro atoms. The molecule has 4 aliphatic rings. The van der Waals surface area contributed by atoms with E-state index in [0.29, 0.717) is 57.3 Å². The van der Waals surface area contributed by atoms with E-state index in [9.17, 15) is 18.4 Å². The second-order valence-corrected chi connectivity index (χ2v) is 9.59. The van der Waals surface area contributed by atoms with Crippen LogP contribution in [0.15, 0.2) is 12.2 Å². The molecule has 0 radical (unpaired) electrons. The zero-order valence-corrected chi connectivity index (χ0v) is 18.7. The van der Waals surface area contributed by atoms with Gasteiger partial charge in [0.15, 0.2) is 6.29 Å². The van der Waals surface area contributed by atoms with Gasteiger partial charge >= 0.3 is 17.9 Å². The molecule has 4 bridgehead atoms. The van der Waals surface area contributed by atoms with E-state index in [1.54, 1.807) is 6.92 Å². The molecular weight excluding hydrogens is 410 g/mol. The number of unbranched alkanes of at least 4 members (excludes halogenated alkanes) is 1. The first-order chi connectivity index (χ1) is 14.5. The van der Waals surface area contributed by atoms with Crippen molar-refractivity contribution >= 4 is 11.9 Å². The second-order valence-electron chi connectivity index (χ2n) is 9.59. The fourth-order valence-corrected chi connectivity index (χ4v) is 5.54. The molecule has 4 fully saturated rings. The molecule has 0 saturated heterocycles. The van der Waals surface area contributed by atoms with E-state index in [1.165, 1.54) is 0 Å². The average Bonchev–Trinajstić information content (AvgIpc) is 2.65. The van der Waals surface area contributed by atoms with Crippen molar-refractivity contribution in [2.45, 2.75) is 89.6 Å². The van der Waals surface area contributed by atoms with Crippen molar-refractivity contribution in [3.05, 3.63) is 12.2 Å². The SMILES string of the molecule is C=C(C)C(=O)OCCCCOC(C)OC1C2CC3CC1CC(OC(=O)C(C)(F)F)(C3)C2. The van der Waals surface area contributed by atoms with Gasteiger partial charge in [0.1, 0.15) is 5.60 Å². The van der Waals surface area contributed by atoms with Gasteiger partial charge in [0, 0.05) is 19.1 Å². The molecule has 0 aliphatic heterocycles. The third-order valence-electron chi connectivity index (χ3n) is 6.62. The molecule has 4 saturated carbocycles. The van der Waals surface area contributed by atoms with Crippen molar-refractivity contribution in [2.75, 3.05) is 13.2 Å². The van der Waals surface area contributed by atoms with E-state index in [1.807, 2.05) is 6.92 Å². The molecule has 0 N–H and O–H groups in total. The van der Waals surface area contributed by atoms with Gasteiger partial charge < -0.3 is 18.9 Å². The van der Waals surface area contributed by atoms with Gasteiger partial charge in [0.05, 0.1) is 12.7 Å². The highest BCUT2D eigenvalue weighted by Crippen LogP contribution is 2.58. The van der Waals surface area contributed by atoms with E-state index in [2.05, 4.69) is 6.58 Å². The fourth-order valence-electron chi connectivity index (χ4n) is 5.54. The molecule has 0 aromatic carbocycles. The summed E-state index contributed by atoms with van der Waals surface area (Å²) >= 11 is 0. The van der Waals surface area contributed by atoms with Crippen molar-refractivity contribution < 1.29 is 37.3 Å². The normalized spacial score (nSPS) is 32.5. The van der Waals surface area contributed by atoms with E-state index in [-0.39, 0.29) is 30.2 Å². The molecule has 4 rings (SSSR count). The summed E-state index contributed by atoms with van der Waals surface area (Å²) in [5, 5.41) is 0. The van der Waals surface area contributed by atoms with Crippen LogP contribution in [0.25, 0.3) is 0 Å². The van der Waals surface area contributed by atoms with Gasteiger partial charge in [0.25, 0.3) is 0 Å². The topological polar surface area (TPSA) is 71.1 Å². The Morgan fingerprint density at radius 3 is 2.32 bits per heavy atom. The minimum absolute atomic E-state index is 0.00275. The molecule has 0 amide bonds. The van der Waals surface area contributed by atoms with Gasteiger partial charge in [-0.1, -0.05) is 6.58 Å². The predicted molar refractivity (Wildman–Crippen MR) is 108 cm³/mol. The molecule has 31 heavy (non-hydrogen) atoms. The maximum atomic E-state index is 13.4. The van der Waals surface area contributed by atoms with E-state index >= 15 is 0 Å². The first-order valence-electron chi connectivity index (χ1n) is 11.2. The lowest BCUT2D eigenvalue weighted by atomic mass is 9.53. The molecule has 8 heteroatoms. The zero-order valence-electron chi connectivity index (χ0n) is 18.7. The van der Waals surface area contributed by atoms with Crippen molar-refractivity contribution in [1.29, 1.82) is 0 Å². The molecule has 0 aromatic heterocycles. The third kappa shape index (κ3) is 6.04. The second kappa shape index (κ2) is 9.53. The summed E-state index contributed by atoms with van der Waals surface area (Å²) in [6.45, 7) is 8.41. The number of carbonyl (C=O) groups excluding carboxylic acids is 2. The van der Waals surface area contributed by atoms with Crippen LogP contribution in [-0.2, 0) is 28.5 Å². The Morgan fingerprint density at radius 1 is 1.13 bits per heavy atom. The van der Waals surface area contributed by atoms with Crippen LogP contribution in [0.3, 0.4) is 0 Å². The van der Waals surface area contributed by atoms with Crippen LogP contribution in [0.5, 0.6) is 0 Å². The van der Waals surface area contributed by atoms with Gasteiger partial charge in [-0.15, -0.1) is 0 Å². The van der Waals surface area contributed by atoms with Gasteiger partial charge in [-0.3, -0.25) is 0 Å². The molecule has 176 valence electrons. The number of hydrogen-bond acceptors (Lipinski definition) is 6. The number of esters is 2. The van der Waals surface area contributed by atoms with Gasteiger partial charge in [-0.2, -0.15) is 8.78 Å². The predicted octanol–water partition coefficient (Wildman–Crippen LogP) is 4.41. The van der Waals surface area contributed by atoms with Crippen LogP contribution in [0.2, 0.25) is 0 Å². The molecule has 0 aromatic rings. The van der Waals surface area contributed by atoms with Crippen LogP contribution in [0.4, 0.5) is 8.78 Å². The summed E-state index contributed by atoms with van der Waals surface area (Å²) in [5.74, 6) is -4.49. The summed E-state index contributed by atoms with van der Waals surface area (Å²) < 4.78 is 49.2. The Morgan fingerprint density at radius 2 is 1.74 bits per heavy atom. The highest BCUT2D eigenvalue weighted by atomic mass is 19.3. The summed E-state index contributed by atoms with van der Waals surface area (Å²) in [4.78, 5) is 23.1. The molecule has 4 aliphatic carbocycles. The van der Waals surface area contributed by atoms with Crippen LogP contribution in [0, 0.1) is 17.8 Å². The molecular formula is C23H34F2O6. The smallest absolute Gasteiger partial charge is 0.377 e. The first-order valence-corrected chi connectivity index (χ1v) is 11.2. The largest absolute Gasteiger partial charge is 0.462 e. The first kappa shape index (κ1) is 24.1. The highest BCUT2D eigenvalue weighted by Gasteiger charge is 2.59. The van der Waals surface area contributed by atoms with Crippen LogP contribution >= 0.6 is 0 Å². The number of rotatable bonds is 11. The summed E-state index contributed by atoms with van der Waals surface area (Å²) in [7, 11) is 0. The van der Waals surface area contributed by atoms with Crippen LogP contribution < -0.4 is 0 Å². The number of halogens is 2. The number of hydrogen-bond donors (Lipinski definition) is 0. The standard InChI is InChI=1S/C23H34F2O6/c1-14(2)20(26)29-8-6-5-7-28-15(3)30-19-17-9-16-10-18(19)13-23(11-16,12-17)31-21(27)22(4,24)25/h15-19H,1,5-13H2,2-4H3. The van der Waals surface area contributed by atoms with Gasteiger partial charge in [0.2, 0.25) is 0 Å². The van der Waals surface area contributed by atoms with Gasteiger partial charge in [-0.05, 0) is 76.5 Å². The number of carbonyl (C=O) groups is 2. The lowest BCUT2D eigenvalue weighted by Crippen LogP contribution is -2.60. The lowest BCUT2D eigenvalue weighted by Gasteiger charge is -2.59. The van der Waals surface area contributed by atoms with Crippen molar-refractivity contribution in [1.82, 2.24) is 0 Å². The maximum absolute atomic E-state index is 13.4. The van der Waals surface area contributed by atoms with Crippen molar-refractivity contribution in [3.63, 3.8) is 0 Å². The monoisotopic (exact) mass is 444 g/mol. The molecule has 3 unspecified atom stereocenters. The molecule has 0 heterocycles. The number of alkyl halides is 2. The maximum Gasteiger partial charge on any atom is 0.377 e. The highest BCUT2D eigenvalue weighted by molar-refractivity contribution is 5.86. The van der Waals surface area contributed by atoms with E-state index in [4.69, 9.17) is 18.9 Å². The van der Waals surface area contributed by atoms with Crippen molar-refractivity contribution in [3.8, 4) is 0 Å². The zero-order chi connectivity index (χ0) is 22.8. The summed E-state index contributed by atoms with van der Waals surface area (Å²) in [5.41, 5.74) is -0.382. The van der Waals surface area contributed by atoms with Gasteiger partial charge in [-0.25, -0.2) is 9.59 Å². The van der Waals surface area contributed by atoms with Crippen LogP contribution in [0.1, 0.15) is 65.7 Å². The Kier molecular flexibility index (Phi) is 7.41. The average molecular weight is 445 g/mol.